The van der Waals surface area contributed by atoms with Crippen molar-refractivity contribution in [2.75, 3.05) is 6.54 Å². The minimum Gasteiger partial charge on any atom is -0.463 e. The van der Waals surface area contributed by atoms with Crippen molar-refractivity contribution in [3.8, 4) is 0 Å². The minimum atomic E-state index is -0.548. The molecule has 0 aliphatic rings. The van der Waals surface area contributed by atoms with Crippen molar-refractivity contribution in [2.24, 2.45) is 5.10 Å². The molecule has 1 aromatic heterocycles. The zero-order valence-electron chi connectivity index (χ0n) is 14.2. The molecule has 0 spiro atoms. The van der Waals surface area contributed by atoms with Gasteiger partial charge in [-0.25, -0.2) is 5.43 Å². The average molecular weight is 463 g/mol. The van der Waals surface area contributed by atoms with Gasteiger partial charge in [-0.05, 0) is 36.4 Å². The summed E-state index contributed by atoms with van der Waals surface area (Å²) in [6.07, 6.45) is 2.41. The van der Waals surface area contributed by atoms with E-state index in [2.05, 4.69) is 31.8 Å². The molecule has 7 nitrogen and oxygen atoms in total. The van der Waals surface area contributed by atoms with Gasteiger partial charge in [-0.1, -0.05) is 33.6 Å². The normalized spacial score (nSPS) is 10.9. The first-order valence-electron chi connectivity index (χ1n) is 8.01. The van der Waals surface area contributed by atoms with Crippen molar-refractivity contribution < 1.29 is 14.0 Å². The van der Waals surface area contributed by atoms with E-state index in [1.54, 1.807) is 36.4 Å². The quantitative estimate of drug-likeness (QED) is 0.449. The van der Waals surface area contributed by atoms with Crippen molar-refractivity contribution in [1.82, 2.24) is 10.7 Å². The molecular weight excluding hydrogens is 450 g/mol. The Hall–Kier alpha value is -2.97. The SMILES string of the molecule is O=C(CNC(=O)c1cccc(Br)c1)NN=Cc1coc2ccc(Cl)cc2c1=O. The fourth-order valence-corrected chi connectivity index (χ4v) is 2.88. The highest BCUT2D eigenvalue weighted by atomic mass is 79.9. The molecule has 0 atom stereocenters. The molecule has 1 heterocycles. The lowest BCUT2D eigenvalue weighted by molar-refractivity contribution is -0.120. The highest BCUT2D eigenvalue weighted by Crippen LogP contribution is 2.16. The molecule has 2 amide bonds. The number of carbonyl (C=O) groups excluding carboxylic acids is 2. The van der Waals surface area contributed by atoms with Crippen LogP contribution in [0.15, 0.2) is 67.5 Å². The molecule has 28 heavy (non-hydrogen) atoms. The molecule has 0 saturated heterocycles. The first kappa shape index (κ1) is 19.8. The van der Waals surface area contributed by atoms with Crippen LogP contribution in [0.25, 0.3) is 11.0 Å². The number of rotatable bonds is 5. The predicted molar refractivity (Wildman–Crippen MR) is 110 cm³/mol. The second-order valence-corrected chi connectivity index (χ2v) is 7.00. The summed E-state index contributed by atoms with van der Waals surface area (Å²) in [6.45, 7) is -0.273. The van der Waals surface area contributed by atoms with Gasteiger partial charge in [-0.15, -0.1) is 0 Å². The second-order valence-electron chi connectivity index (χ2n) is 5.65. The maximum Gasteiger partial charge on any atom is 0.259 e. The van der Waals surface area contributed by atoms with Crippen LogP contribution in [-0.4, -0.2) is 24.6 Å². The van der Waals surface area contributed by atoms with Crippen LogP contribution >= 0.6 is 27.5 Å². The lowest BCUT2D eigenvalue weighted by Crippen LogP contribution is -2.35. The van der Waals surface area contributed by atoms with E-state index in [0.717, 1.165) is 4.47 Å². The van der Waals surface area contributed by atoms with E-state index in [4.69, 9.17) is 16.0 Å². The molecular formula is C19H13BrClN3O4. The van der Waals surface area contributed by atoms with Crippen LogP contribution in [0.4, 0.5) is 0 Å². The molecule has 0 radical (unpaired) electrons. The third-order valence-electron chi connectivity index (χ3n) is 3.65. The number of nitrogens with one attached hydrogen (secondary N) is 2. The molecule has 0 fully saturated rings. The van der Waals surface area contributed by atoms with E-state index in [-0.39, 0.29) is 17.5 Å². The van der Waals surface area contributed by atoms with Crippen LogP contribution in [0.1, 0.15) is 15.9 Å². The summed E-state index contributed by atoms with van der Waals surface area (Å²) in [5.41, 5.74) is 2.86. The molecule has 2 N–H and O–H groups in total. The van der Waals surface area contributed by atoms with E-state index >= 15 is 0 Å². The van der Waals surface area contributed by atoms with Crippen LogP contribution in [0.2, 0.25) is 5.02 Å². The van der Waals surface area contributed by atoms with Crippen molar-refractivity contribution in [1.29, 1.82) is 0 Å². The Kier molecular flexibility index (Phi) is 6.23. The second kappa shape index (κ2) is 8.81. The maximum absolute atomic E-state index is 12.4. The third-order valence-corrected chi connectivity index (χ3v) is 4.38. The van der Waals surface area contributed by atoms with Gasteiger partial charge in [0.25, 0.3) is 11.8 Å². The highest BCUT2D eigenvalue weighted by Gasteiger charge is 2.09. The standard InChI is InChI=1S/C19H13BrClN3O4/c20-13-3-1-2-11(6-13)19(27)22-9-17(25)24-23-8-12-10-28-16-5-4-14(21)7-15(16)18(12)26/h1-8,10H,9H2,(H,22,27)(H,24,25). The summed E-state index contributed by atoms with van der Waals surface area (Å²) >= 11 is 9.17. The molecule has 142 valence electrons. The molecule has 0 saturated carbocycles. The predicted octanol–water partition coefficient (Wildman–Crippen LogP) is 3.09. The molecule has 0 bridgehead atoms. The van der Waals surface area contributed by atoms with E-state index in [1.165, 1.54) is 18.5 Å². The van der Waals surface area contributed by atoms with Crippen molar-refractivity contribution in [2.45, 2.75) is 0 Å². The van der Waals surface area contributed by atoms with E-state index in [9.17, 15) is 14.4 Å². The molecule has 0 aliphatic carbocycles. The summed E-state index contributed by atoms with van der Waals surface area (Å²) in [7, 11) is 0. The number of carbonyl (C=O) groups is 2. The molecule has 2 aromatic carbocycles. The first-order valence-corrected chi connectivity index (χ1v) is 9.18. The molecule has 0 unspecified atom stereocenters. The average Bonchev–Trinajstić information content (AvgIpc) is 2.68. The minimum absolute atomic E-state index is 0.147. The number of amides is 2. The Morgan fingerprint density at radius 1 is 1.21 bits per heavy atom. The zero-order valence-corrected chi connectivity index (χ0v) is 16.6. The summed E-state index contributed by atoms with van der Waals surface area (Å²) < 4.78 is 6.10. The molecule has 0 aliphatic heterocycles. The van der Waals surface area contributed by atoms with Gasteiger partial charge >= 0.3 is 0 Å². The van der Waals surface area contributed by atoms with Crippen LogP contribution in [0, 0.1) is 0 Å². The number of benzene rings is 2. The lowest BCUT2D eigenvalue weighted by Gasteiger charge is -2.04. The Balaban J connectivity index is 1.59. The van der Waals surface area contributed by atoms with Gasteiger partial charge in [-0.3, -0.25) is 14.4 Å². The first-order chi connectivity index (χ1) is 13.4. The summed E-state index contributed by atoms with van der Waals surface area (Å²) in [4.78, 5) is 36.2. The monoisotopic (exact) mass is 461 g/mol. The highest BCUT2D eigenvalue weighted by molar-refractivity contribution is 9.10. The van der Waals surface area contributed by atoms with Crippen molar-refractivity contribution in [3.63, 3.8) is 0 Å². The molecule has 9 heteroatoms. The van der Waals surface area contributed by atoms with Gasteiger partial charge in [0.05, 0.1) is 23.7 Å². The van der Waals surface area contributed by atoms with Gasteiger partial charge in [0, 0.05) is 15.1 Å². The van der Waals surface area contributed by atoms with Crippen LogP contribution in [0.5, 0.6) is 0 Å². The van der Waals surface area contributed by atoms with Crippen molar-refractivity contribution >= 4 is 56.5 Å². The topological polar surface area (TPSA) is 101 Å². The molecule has 3 rings (SSSR count). The number of nitrogens with zero attached hydrogens (tertiary/aromatic N) is 1. The van der Waals surface area contributed by atoms with E-state index < -0.39 is 11.8 Å². The molecule has 3 aromatic rings. The summed E-state index contributed by atoms with van der Waals surface area (Å²) in [5, 5.41) is 6.91. The Bertz CT molecular complexity index is 1140. The smallest absolute Gasteiger partial charge is 0.259 e. The van der Waals surface area contributed by atoms with Gasteiger partial charge < -0.3 is 9.73 Å². The Labute approximate surface area is 172 Å². The maximum atomic E-state index is 12.4. The van der Waals surface area contributed by atoms with Gasteiger partial charge in [-0.2, -0.15) is 5.10 Å². The third kappa shape index (κ3) is 4.85. The van der Waals surface area contributed by atoms with Crippen LogP contribution < -0.4 is 16.2 Å². The van der Waals surface area contributed by atoms with Gasteiger partial charge in [0.2, 0.25) is 5.43 Å². The van der Waals surface area contributed by atoms with Gasteiger partial charge in [0.15, 0.2) is 0 Å². The zero-order chi connectivity index (χ0) is 20.1. The number of hydrogen-bond acceptors (Lipinski definition) is 5. The number of fused-ring (bicyclic) bond motifs is 1. The van der Waals surface area contributed by atoms with Gasteiger partial charge in [0.1, 0.15) is 11.8 Å². The Morgan fingerprint density at radius 2 is 2.04 bits per heavy atom. The fraction of sp³-hybridized carbons (Fsp3) is 0.0526. The number of hydrazone groups is 1. The summed E-state index contributed by atoms with van der Waals surface area (Å²) in [6, 6.07) is 11.5. The number of hydrogen-bond donors (Lipinski definition) is 2. The fourth-order valence-electron chi connectivity index (χ4n) is 2.31. The van der Waals surface area contributed by atoms with Crippen LogP contribution in [-0.2, 0) is 4.79 Å². The van der Waals surface area contributed by atoms with E-state index in [1.807, 2.05) is 0 Å². The van der Waals surface area contributed by atoms with E-state index in [0.29, 0.717) is 21.6 Å². The lowest BCUT2D eigenvalue weighted by atomic mass is 10.2. The summed E-state index contributed by atoms with van der Waals surface area (Å²) in [5.74, 6) is -0.944. The Morgan fingerprint density at radius 3 is 2.82 bits per heavy atom. The van der Waals surface area contributed by atoms with Crippen molar-refractivity contribution in [3.05, 3.63) is 79.6 Å². The largest absolute Gasteiger partial charge is 0.463 e. The number of halogens is 2. The van der Waals surface area contributed by atoms with Crippen LogP contribution in [0.3, 0.4) is 0 Å².